The molecule has 6 nitrogen and oxygen atoms in total. The van der Waals surface area contributed by atoms with Gasteiger partial charge in [0.25, 0.3) is 0 Å². The predicted octanol–water partition coefficient (Wildman–Crippen LogP) is 3.64. The summed E-state index contributed by atoms with van der Waals surface area (Å²) in [4.78, 5) is 15.6. The number of aryl methyl sites for hydroxylation is 2. The smallest absolute Gasteiger partial charge is 0.191 e. The zero-order valence-electron chi connectivity index (χ0n) is 19.1. The summed E-state index contributed by atoms with van der Waals surface area (Å²) in [6, 6.07) is 10.8. The summed E-state index contributed by atoms with van der Waals surface area (Å²) in [6.45, 7) is 15.5. The lowest BCUT2D eigenvalue weighted by Crippen LogP contribution is -2.46. The molecule has 2 N–H and O–H groups in total. The van der Waals surface area contributed by atoms with Crippen LogP contribution in [0.5, 0.6) is 0 Å². The van der Waals surface area contributed by atoms with Gasteiger partial charge >= 0.3 is 0 Å². The maximum Gasteiger partial charge on any atom is 0.191 e. The molecule has 2 heterocycles. The number of rotatable bonds is 9. The van der Waals surface area contributed by atoms with Crippen LogP contribution in [0.1, 0.15) is 34.5 Å². The molecule has 8 heteroatoms. The highest BCUT2D eigenvalue weighted by Gasteiger charge is 2.16. The lowest BCUT2D eigenvalue weighted by Gasteiger charge is -2.34. The van der Waals surface area contributed by atoms with Crippen molar-refractivity contribution in [2.45, 2.75) is 40.3 Å². The molecule has 0 saturated carbocycles. The first-order chi connectivity index (χ1) is 14.6. The summed E-state index contributed by atoms with van der Waals surface area (Å²) >= 11 is 1.74. The van der Waals surface area contributed by atoms with Crippen molar-refractivity contribution in [1.82, 2.24) is 25.4 Å². The number of piperazine rings is 1. The van der Waals surface area contributed by atoms with Gasteiger partial charge in [0.05, 0.1) is 17.2 Å². The molecule has 1 aliphatic rings. The molecule has 0 amide bonds. The van der Waals surface area contributed by atoms with E-state index < -0.39 is 0 Å². The largest absolute Gasteiger partial charge is 0.357 e. The number of aliphatic imine (C=N–C) groups is 1. The fourth-order valence-electron chi connectivity index (χ4n) is 3.73. The zero-order chi connectivity index (χ0) is 21.2. The van der Waals surface area contributed by atoms with Crippen molar-refractivity contribution >= 4 is 41.3 Å². The van der Waals surface area contributed by atoms with Gasteiger partial charge in [0, 0.05) is 50.7 Å². The summed E-state index contributed by atoms with van der Waals surface area (Å²) < 4.78 is 0. The Hall–Kier alpha value is -1.23. The van der Waals surface area contributed by atoms with Crippen molar-refractivity contribution in [3.8, 4) is 0 Å². The number of nitrogens with zero attached hydrogens (tertiary/aromatic N) is 4. The second-order valence-corrected chi connectivity index (χ2v) is 9.11. The third kappa shape index (κ3) is 9.03. The first-order valence-corrected chi connectivity index (χ1v) is 11.9. The van der Waals surface area contributed by atoms with Crippen LogP contribution in [0, 0.1) is 13.8 Å². The van der Waals surface area contributed by atoms with Gasteiger partial charge < -0.3 is 15.5 Å². The van der Waals surface area contributed by atoms with Crippen LogP contribution in [0.3, 0.4) is 0 Å². The topological polar surface area (TPSA) is 55.8 Å². The van der Waals surface area contributed by atoms with Gasteiger partial charge in [-0.25, -0.2) is 9.98 Å². The number of aromatic nitrogens is 1. The van der Waals surface area contributed by atoms with E-state index in [-0.39, 0.29) is 24.0 Å². The number of hydrogen-bond acceptors (Lipinski definition) is 5. The van der Waals surface area contributed by atoms with Gasteiger partial charge in [-0.1, -0.05) is 30.3 Å². The third-order valence-corrected chi connectivity index (χ3v) is 6.44. The molecule has 1 aliphatic heterocycles. The van der Waals surface area contributed by atoms with E-state index in [1.807, 2.05) is 0 Å². The fraction of sp³-hybridized carbons (Fsp3) is 0.565. The van der Waals surface area contributed by atoms with E-state index in [1.165, 1.54) is 10.4 Å². The van der Waals surface area contributed by atoms with Crippen LogP contribution in [0.15, 0.2) is 35.3 Å². The highest BCUT2D eigenvalue weighted by Crippen LogP contribution is 2.17. The van der Waals surface area contributed by atoms with Crippen LogP contribution in [-0.2, 0) is 13.1 Å². The average Bonchev–Trinajstić information content (AvgIpc) is 3.08. The molecule has 0 aliphatic carbocycles. The Morgan fingerprint density at radius 2 is 1.77 bits per heavy atom. The summed E-state index contributed by atoms with van der Waals surface area (Å²) in [5, 5.41) is 7.94. The number of guanidine groups is 1. The maximum absolute atomic E-state index is 4.74. The molecule has 1 fully saturated rings. The standard InChI is InChI=1S/C23H36N6S.HI/c1-4-24-23(26-17-22-19(2)27-20(3)30-22)25-11-8-12-28-13-15-29(16-14-28)18-21-9-6-5-7-10-21;/h5-7,9-10H,4,8,11-18H2,1-3H3,(H2,24,25,26);1H. The Kier molecular flexibility index (Phi) is 11.8. The Balaban J connectivity index is 0.00000341. The molecule has 3 rings (SSSR count). The molecule has 172 valence electrons. The van der Waals surface area contributed by atoms with Gasteiger partial charge in [-0.3, -0.25) is 4.90 Å². The lowest BCUT2D eigenvalue weighted by molar-refractivity contribution is 0.126. The summed E-state index contributed by atoms with van der Waals surface area (Å²) in [6.07, 6.45) is 1.13. The summed E-state index contributed by atoms with van der Waals surface area (Å²) in [5.74, 6) is 0.899. The third-order valence-electron chi connectivity index (χ3n) is 5.38. The highest BCUT2D eigenvalue weighted by molar-refractivity contribution is 14.0. The lowest BCUT2D eigenvalue weighted by atomic mass is 10.2. The predicted molar refractivity (Wildman–Crippen MR) is 143 cm³/mol. The molecular weight excluding hydrogens is 519 g/mol. The Morgan fingerprint density at radius 3 is 2.42 bits per heavy atom. The van der Waals surface area contributed by atoms with Crippen LogP contribution < -0.4 is 10.6 Å². The van der Waals surface area contributed by atoms with E-state index in [1.54, 1.807) is 11.3 Å². The van der Waals surface area contributed by atoms with Gasteiger partial charge in [-0.05, 0) is 39.3 Å². The molecule has 1 aromatic heterocycles. The van der Waals surface area contributed by atoms with Gasteiger partial charge in [-0.15, -0.1) is 35.3 Å². The van der Waals surface area contributed by atoms with E-state index in [0.717, 1.165) is 75.4 Å². The van der Waals surface area contributed by atoms with Crippen molar-refractivity contribution in [2.24, 2.45) is 4.99 Å². The van der Waals surface area contributed by atoms with Gasteiger partial charge in [-0.2, -0.15) is 0 Å². The Bertz CT molecular complexity index is 787. The van der Waals surface area contributed by atoms with Crippen LogP contribution in [-0.4, -0.2) is 66.6 Å². The monoisotopic (exact) mass is 556 g/mol. The van der Waals surface area contributed by atoms with Gasteiger partial charge in [0.1, 0.15) is 0 Å². The van der Waals surface area contributed by atoms with E-state index in [2.05, 4.69) is 76.5 Å². The second-order valence-electron chi connectivity index (χ2n) is 7.82. The highest BCUT2D eigenvalue weighted by atomic mass is 127. The molecule has 0 atom stereocenters. The van der Waals surface area contributed by atoms with Crippen molar-refractivity contribution in [3.63, 3.8) is 0 Å². The SMILES string of the molecule is CCNC(=NCc1sc(C)nc1C)NCCCN1CCN(Cc2ccccc2)CC1.I. The minimum absolute atomic E-state index is 0. The van der Waals surface area contributed by atoms with Crippen LogP contribution in [0.25, 0.3) is 0 Å². The number of benzene rings is 1. The Morgan fingerprint density at radius 1 is 1.06 bits per heavy atom. The normalized spacial score (nSPS) is 15.5. The molecule has 2 aromatic rings. The summed E-state index contributed by atoms with van der Waals surface area (Å²) in [5.41, 5.74) is 2.51. The minimum atomic E-state index is 0. The Labute approximate surface area is 208 Å². The number of nitrogens with one attached hydrogen (secondary N) is 2. The molecule has 1 saturated heterocycles. The molecule has 31 heavy (non-hydrogen) atoms. The van der Waals surface area contributed by atoms with Gasteiger partial charge in [0.2, 0.25) is 0 Å². The molecule has 1 aromatic carbocycles. The molecule has 0 unspecified atom stereocenters. The average molecular weight is 557 g/mol. The quantitative estimate of drug-likeness (QED) is 0.214. The molecule has 0 bridgehead atoms. The van der Waals surface area contributed by atoms with Crippen molar-refractivity contribution in [2.75, 3.05) is 45.8 Å². The maximum atomic E-state index is 4.74. The van der Waals surface area contributed by atoms with Crippen LogP contribution in [0.2, 0.25) is 0 Å². The van der Waals surface area contributed by atoms with Crippen LogP contribution >= 0.6 is 35.3 Å². The van der Waals surface area contributed by atoms with Crippen molar-refractivity contribution < 1.29 is 0 Å². The first kappa shape index (κ1) is 26.0. The van der Waals surface area contributed by atoms with E-state index in [0.29, 0.717) is 6.54 Å². The van der Waals surface area contributed by atoms with E-state index >= 15 is 0 Å². The fourth-order valence-corrected chi connectivity index (χ4v) is 4.60. The van der Waals surface area contributed by atoms with Crippen molar-refractivity contribution in [1.29, 1.82) is 0 Å². The molecular formula is C23H37IN6S. The number of hydrogen-bond donors (Lipinski definition) is 2. The van der Waals surface area contributed by atoms with Gasteiger partial charge in [0.15, 0.2) is 5.96 Å². The number of halogens is 1. The zero-order valence-corrected chi connectivity index (χ0v) is 22.2. The van der Waals surface area contributed by atoms with E-state index in [9.17, 15) is 0 Å². The first-order valence-electron chi connectivity index (χ1n) is 11.1. The molecule has 0 radical (unpaired) electrons. The van der Waals surface area contributed by atoms with Crippen LogP contribution in [0.4, 0.5) is 0 Å². The van der Waals surface area contributed by atoms with Crippen molar-refractivity contribution in [3.05, 3.63) is 51.5 Å². The minimum Gasteiger partial charge on any atom is -0.357 e. The second kappa shape index (κ2) is 14.0. The number of thiazole rings is 1. The van der Waals surface area contributed by atoms with E-state index in [4.69, 9.17) is 4.99 Å². The molecule has 0 spiro atoms. The summed E-state index contributed by atoms with van der Waals surface area (Å²) in [7, 11) is 0.